The minimum absolute atomic E-state index is 0.0526. The summed E-state index contributed by atoms with van der Waals surface area (Å²) in [6, 6.07) is 12.5. The van der Waals surface area contributed by atoms with E-state index in [0.29, 0.717) is 10.6 Å². The third-order valence-corrected chi connectivity index (χ3v) is 3.58. The normalized spacial score (nSPS) is 10.4. The number of carbonyl (C=O) groups is 2. The zero-order valence-corrected chi connectivity index (χ0v) is 15.0. The van der Waals surface area contributed by atoms with Gasteiger partial charge in [0.15, 0.2) is 5.11 Å². The molecule has 0 radical (unpaired) electrons. The SMILES string of the molecule is O=C(C=Cc1ccc(F)cc1)NC(=S)NNC(=O)Cc1ccc(Cl)cc1. The summed E-state index contributed by atoms with van der Waals surface area (Å²) in [7, 11) is 0. The van der Waals surface area contributed by atoms with Gasteiger partial charge in [-0.3, -0.25) is 25.8 Å². The van der Waals surface area contributed by atoms with E-state index in [2.05, 4.69) is 16.2 Å². The van der Waals surface area contributed by atoms with Crippen LogP contribution in [0.15, 0.2) is 54.6 Å². The molecule has 0 fully saturated rings. The van der Waals surface area contributed by atoms with Crippen molar-refractivity contribution in [1.82, 2.24) is 16.2 Å². The Kier molecular flexibility index (Phi) is 7.25. The van der Waals surface area contributed by atoms with Crippen molar-refractivity contribution in [2.24, 2.45) is 0 Å². The number of amides is 2. The van der Waals surface area contributed by atoms with E-state index in [0.717, 1.165) is 5.56 Å². The van der Waals surface area contributed by atoms with Gasteiger partial charge in [0.1, 0.15) is 5.82 Å². The van der Waals surface area contributed by atoms with E-state index in [9.17, 15) is 14.0 Å². The van der Waals surface area contributed by atoms with Crippen LogP contribution in [0.3, 0.4) is 0 Å². The Hall–Kier alpha value is -2.77. The Morgan fingerprint density at radius 1 is 1.04 bits per heavy atom. The van der Waals surface area contributed by atoms with Gasteiger partial charge in [-0.25, -0.2) is 4.39 Å². The minimum Gasteiger partial charge on any atom is -0.298 e. The number of hydrogen-bond donors (Lipinski definition) is 3. The highest BCUT2D eigenvalue weighted by Gasteiger charge is 2.05. The lowest BCUT2D eigenvalue weighted by Gasteiger charge is -2.09. The van der Waals surface area contributed by atoms with Crippen LogP contribution in [0.4, 0.5) is 4.39 Å². The number of rotatable bonds is 4. The maximum absolute atomic E-state index is 12.8. The average Bonchev–Trinajstić information content (AvgIpc) is 2.61. The highest BCUT2D eigenvalue weighted by molar-refractivity contribution is 7.80. The number of thiocarbonyl (C=S) groups is 1. The Balaban J connectivity index is 1.73. The van der Waals surface area contributed by atoms with Gasteiger partial charge in [0.25, 0.3) is 0 Å². The first-order valence-electron chi connectivity index (χ1n) is 7.50. The monoisotopic (exact) mass is 391 g/mol. The van der Waals surface area contributed by atoms with Crippen LogP contribution in [0.25, 0.3) is 6.08 Å². The fourth-order valence-corrected chi connectivity index (χ4v) is 2.17. The molecule has 0 atom stereocenters. The summed E-state index contributed by atoms with van der Waals surface area (Å²) in [5, 5.41) is 2.91. The van der Waals surface area contributed by atoms with Gasteiger partial charge in [0.2, 0.25) is 11.8 Å². The Labute approximate surface area is 160 Å². The largest absolute Gasteiger partial charge is 0.298 e. The molecule has 26 heavy (non-hydrogen) atoms. The smallest absolute Gasteiger partial charge is 0.250 e. The number of hydrazine groups is 1. The molecule has 0 aliphatic carbocycles. The van der Waals surface area contributed by atoms with Crippen molar-refractivity contribution < 1.29 is 14.0 Å². The van der Waals surface area contributed by atoms with Gasteiger partial charge in [-0.15, -0.1) is 0 Å². The van der Waals surface area contributed by atoms with Gasteiger partial charge < -0.3 is 0 Å². The molecule has 8 heteroatoms. The molecule has 2 aromatic rings. The molecule has 0 aliphatic rings. The summed E-state index contributed by atoms with van der Waals surface area (Å²) in [4.78, 5) is 23.5. The summed E-state index contributed by atoms with van der Waals surface area (Å²) < 4.78 is 12.8. The molecule has 0 aromatic heterocycles. The lowest BCUT2D eigenvalue weighted by Crippen LogP contribution is -2.48. The van der Waals surface area contributed by atoms with Gasteiger partial charge >= 0.3 is 0 Å². The number of benzene rings is 2. The fourth-order valence-electron chi connectivity index (χ4n) is 1.89. The van der Waals surface area contributed by atoms with Crippen molar-refractivity contribution in [1.29, 1.82) is 0 Å². The van der Waals surface area contributed by atoms with Crippen molar-refractivity contribution >= 4 is 46.8 Å². The first-order valence-corrected chi connectivity index (χ1v) is 8.29. The number of halogens is 2. The van der Waals surface area contributed by atoms with Crippen molar-refractivity contribution in [3.63, 3.8) is 0 Å². The molecule has 0 saturated carbocycles. The molecule has 5 nitrogen and oxygen atoms in total. The van der Waals surface area contributed by atoms with E-state index < -0.39 is 5.91 Å². The molecule has 3 N–H and O–H groups in total. The molecule has 0 unspecified atom stereocenters. The highest BCUT2D eigenvalue weighted by Crippen LogP contribution is 2.09. The van der Waals surface area contributed by atoms with Gasteiger partial charge in [-0.05, 0) is 53.7 Å². The third kappa shape index (κ3) is 7.00. The predicted molar refractivity (Wildman–Crippen MR) is 103 cm³/mol. The van der Waals surface area contributed by atoms with E-state index >= 15 is 0 Å². The van der Waals surface area contributed by atoms with Crippen molar-refractivity contribution in [3.8, 4) is 0 Å². The zero-order valence-electron chi connectivity index (χ0n) is 13.5. The summed E-state index contributed by atoms with van der Waals surface area (Å²) in [5.41, 5.74) is 6.28. The second-order valence-electron chi connectivity index (χ2n) is 5.18. The average molecular weight is 392 g/mol. The molecular formula is C18H15ClFN3O2S. The number of nitrogens with one attached hydrogen (secondary N) is 3. The van der Waals surface area contributed by atoms with Gasteiger partial charge in [-0.2, -0.15) is 0 Å². The first kappa shape index (κ1) is 19.6. The Morgan fingerprint density at radius 3 is 2.35 bits per heavy atom. The summed E-state index contributed by atoms with van der Waals surface area (Å²) >= 11 is 10.7. The van der Waals surface area contributed by atoms with Crippen LogP contribution in [0.5, 0.6) is 0 Å². The molecule has 0 bridgehead atoms. The van der Waals surface area contributed by atoms with Crippen LogP contribution >= 0.6 is 23.8 Å². The van der Waals surface area contributed by atoms with Crippen LogP contribution in [-0.4, -0.2) is 16.9 Å². The fraction of sp³-hybridized carbons (Fsp3) is 0.0556. The second kappa shape index (κ2) is 9.65. The summed E-state index contributed by atoms with van der Waals surface area (Å²) in [6.45, 7) is 0. The Bertz CT molecular complexity index is 823. The minimum atomic E-state index is -0.487. The molecule has 2 rings (SSSR count). The zero-order chi connectivity index (χ0) is 18.9. The molecule has 0 heterocycles. The van der Waals surface area contributed by atoms with Gasteiger partial charge in [0, 0.05) is 11.1 Å². The lowest BCUT2D eigenvalue weighted by molar-refractivity contribution is -0.121. The maximum atomic E-state index is 12.8. The van der Waals surface area contributed by atoms with Crippen LogP contribution in [-0.2, 0) is 16.0 Å². The van der Waals surface area contributed by atoms with Gasteiger partial charge in [0.05, 0.1) is 6.42 Å². The number of carbonyl (C=O) groups excluding carboxylic acids is 2. The molecular weight excluding hydrogens is 377 g/mol. The first-order chi connectivity index (χ1) is 12.4. The van der Waals surface area contributed by atoms with Crippen LogP contribution < -0.4 is 16.2 Å². The predicted octanol–water partition coefficient (Wildman–Crippen LogP) is 2.76. The third-order valence-electron chi connectivity index (χ3n) is 3.13. The van der Waals surface area contributed by atoms with E-state index in [-0.39, 0.29) is 23.3 Å². The summed E-state index contributed by atoms with van der Waals surface area (Å²) in [5.74, 6) is -1.17. The van der Waals surface area contributed by atoms with Crippen molar-refractivity contribution in [2.45, 2.75) is 6.42 Å². The van der Waals surface area contributed by atoms with Crippen molar-refractivity contribution in [2.75, 3.05) is 0 Å². The van der Waals surface area contributed by atoms with Crippen LogP contribution in [0.2, 0.25) is 5.02 Å². The topological polar surface area (TPSA) is 70.2 Å². The molecule has 2 amide bonds. The maximum Gasteiger partial charge on any atom is 0.250 e. The van der Waals surface area contributed by atoms with Crippen LogP contribution in [0, 0.1) is 5.82 Å². The van der Waals surface area contributed by atoms with E-state index in [4.69, 9.17) is 23.8 Å². The van der Waals surface area contributed by atoms with Crippen LogP contribution in [0.1, 0.15) is 11.1 Å². The number of hydrogen-bond acceptors (Lipinski definition) is 3. The van der Waals surface area contributed by atoms with E-state index in [1.807, 2.05) is 0 Å². The molecule has 0 aliphatic heterocycles. The Morgan fingerprint density at radius 2 is 1.69 bits per heavy atom. The van der Waals surface area contributed by atoms with Crippen molar-refractivity contribution in [3.05, 3.63) is 76.6 Å². The van der Waals surface area contributed by atoms with E-state index in [1.165, 1.54) is 36.4 Å². The highest BCUT2D eigenvalue weighted by atomic mass is 35.5. The molecule has 0 saturated heterocycles. The standard InChI is InChI=1S/C18H15ClFN3O2S/c19-14-6-1-13(2-7-14)11-17(25)22-23-18(26)21-16(24)10-5-12-3-8-15(20)9-4-12/h1-10H,11H2,(H,22,25)(H2,21,23,24,26). The van der Waals surface area contributed by atoms with Gasteiger partial charge in [-0.1, -0.05) is 35.9 Å². The molecule has 2 aromatic carbocycles. The summed E-state index contributed by atoms with van der Waals surface area (Å²) in [6.07, 6.45) is 2.89. The second-order valence-corrected chi connectivity index (χ2v) is 6.02. The molecule has 0 spiro atoms. The molecule has 134 valence electrons. The quantitative estimate of drug-likeness (QED) is 0.426. The lowest BCUT2D eigenvalue weighted by atomic mass is 10.1. The van der Waals surface area contributed by atoms with E-state index in [1.54, 1.807) is 24.3 Å².